The van der Waals surface area contributed by atoms with Crippen LogP contribution in [0.2, 0.25) is 0 Å². The monoisotopic (exact) mass is 288 g/mol. The number of fused-ring (bicyclic) bond motifs is 2. The van der Waals surface area contributed by atoms with Crippen molar-refractivity contribution in [2.45, 2.75) is 26.9 Å². The van der Waals surface area contributed by atoms with Crippen molar-refractivity contribution in [1.82, 2.24) is 0 Å². The Morgan fingerprint density at radius 3 is 2.67 bits per heavy atom. The first kappa shape index (κ1) is 14.6. The second-order valence-electron chi connectivity index (χ2n) is 6.70. The number of aliphatic hydroxyl groups excluding tert-OH is 1. The van der Waals surface area contributed by atoms with Gasteiger partial charge in [-0.1, -0.05) is 43.7 Å². The lowest BCUT2D eigenvalue weighted by Gasteiger charge is -2.55. The lowest BCUT2D eigenvalue weighted by atomic mass is 9.56. The smallest absolute Gasteiger partial charge is 0.121 e. The lowest BCUT2D eigenvalue weighted by molar-refractivity contribution is -0.165. The fraction of sp³-hybridized carbons (Fsp3) is 0.556. The number of allylic oxidation sites excluding steroid dienone is 1. The number of aromatic hydroxyl groups is 1. The Kier molecular flexibility index (Phi) is 3.58. The fourth-order valence-corrected chi connectivity index (χ4v) is 4.30. The summed E-state index contributed by atoms with van der Waals surface area (Å²) in [5, 5.41) is 20.1. The van der Waals surface area contributed by atoms with Gasteiger partial charge >= 0.3 is 0 Å². The standard InChI is InChI=1S/C18H24O3/c1-11-8-12(2)18(9-19)10-21-17(16(11)13(18)3)14-6-4-5-7-15(14)20/h4-8,12-13,16-17,19-20H,9-10H2,1-3H3/t12-,13+,16+,17+,18-/m1/s1. The van der Waals surface area contributed by atoms with Gasteiger partial charge in [-0.05, 0) is 24.8 Å². The molecule has 1 heterocycles. The molecule has 0 unspecified atom stereocenters. The molecule has 0 radical (unpaired) electrons. The minimum absolute atomic E-state index is 0.135. The van der Waals surface area contributed by atoms with Gasteiger partial charge in [0.2, 0.25) is 0 Å². The quantitative estimate of drug-likeness (QED) is 0.821. The van der Waals surface area contributed by atoms with Crippen LogP contribution in [0.1, 0.15) is 32.4 Å². The molecule has 21 heavy (non-hydrogen) atoms. The van der Waals surface area contributed by atoms with E-state index in [2.05, 4.69) is 26.8 Å². The molecular formula is C18H24O3. The molecule has 5 atom stereocenters. The molecule has 3 nitrogen and oxygen atoms in total. The summed E-state index contributed by atoms with van der Waals surface area (Å²) in [6.07, 6.45) is 2.14. The minimum Gasteiger partial charge on any atom is -0.508 e. The molecule has 1 aromatic carbocycles. The maximum Gasteiger partial charge on any atom is 0.121 e. The molecular weight excluding hydrogens is 264 g/mol. The average molecular weight is 288 g/mol. The Hall–Kier alpha value is -1.32. The molecule has 1 fully saturated rings. The summed E-state index contributed by atoms with van der Waals surface area (Å²) >= 11 is 0. The van der Waals surface area contributed by atoms with Gasteiger partial charge in [0.05, 0.1) is 19.3 Å². The number of hydrogen-bond donors (Lipinski definition) is 2. The topological polar surface area (TPSA) is 49.7 Å². The number of benzene rings is 1. The van der Waals surface area contributed by atoms with Gasteiger partial charge in [-0.15, -0.1) is 0 Å². The number of rotatable bonds is 2. The summed E-state index contributed by atoms with van der Waals surface area (Å²) in [4.78, 5) is 0. The summed E-state index contributed by atoms with van der Waals surface area (Å²) in [5.41, 5.74) is 1.95. The Morgan fingerprint density at radius 1 is 1.29 bits per heavy atom. The summed E-state index contributed by atoms with van der Waals surface area (Å²) in [5.74, 6) is 1.12. The molecule has 1 saturated heterocycles. The molecule has 0 aromatic heterocycles. The van der Waals surface area contributed by atoms with E-state index in [1.54, 1.807) is 6.07 Å². The Morgan fingerprint density at radius 2 is 2.00 bits per heavy atom. The molecule has 1 aromatic rings. The summed E-state index contributed by atoms with van der Waals surface area (Å²) < 4.78 is 6.16. The van der Waals surface area contributed by atoms with Gasteiger partial charge in [0, 0.05) is 16.9 Å². The number of phenols is 1. The Bertz CT molecular complexity index is 565. The van der Waals surface area contributed by atoms with Crippen molar-refractivity contribution in [2.24, 2.45) is 23.2 Å². The van der Waals surface area contributed by atoms with Crippen molar-refractivity contribution in [3.8, 4) is 5.75 Å². The second-order valence-corrected chi connectivity index (χ2v) is 6.70. The van der Waals surface area contributed by atoms with E-state index in [1.807, 2.05) is 18.2 Å². The molecule has 3 heteroatoms. The van der Waals surface area contributed by atoms with E-state index in [4.69, 9.17) is 4.74 Å². The minimum atomic E-state index is -0.203. The first-order valence-corrected chi connectivity index (χ1v) is 7.70. The van der Waals surface area contributed by atoms with Crippen LogP contribution < -0.4 is 0 Å². The highest BCUT2D eigenvalue weighted by molar-refractivity contribution is 5.37. The highest BCUT2D eigenvalue weighted by atomic mass is 16.5. The molecule has 1 aliphatic carbocycles. The summed E-state index contributed by atoms with van der Waals surface area (Å²) in [6.45, 7) is 7.19. The maximum atomic E-state index is 10.2. The third kappa shape index (κ3) is 2.02. The summed E-state index contributed by atoms with van der Waals surface area (Å²) in [7, 11) is 0. The zero-order valence-electron chi connectivity index (χ0n) is 12.9. The predicted octanol–water partition coefficient (Wildman–Crippen LogP) is 3.29. The Labute approximate surface area is 126 Å². The first-order chi connectivity index (χ1) is 10.0. The molecule has 1 aliphatic heterocycles. The predicted molar refractivity (Wildman–Crippen MR) is 81.9 cm³/mol. The van der Waals surface area contributed by atoms with Crippen LogP contribution in [0.3, 0.4) is 0 Å². The van der Waals surface area contributed by atoms with Gasteiger partial charge in [-0.25, -0.2) is 0 Å². The molecule has 0 saturated carbocycles. The zero-order valence-corrected chi connectivity index (χ0v) is 12.9. The largest absolute Gasteiger partial charge is 0.508 e. The fourth-order valence-electron chi connectivity index (χ4n) is 4.30. The van der Waals surface area contributed by atoms with Crippen LogP contribution in [0.4, 0.5) is 0 Å². The van der Waals surface area contributed by atoms with E-state index in [9.17, 15) is 10.2 Å². The van der Waals surface area contributed by atoms with Crippen LogP contribution in [0, 0.1) is 23.2 Å². The molecule has 2 aliphatic rings. The zero-order chi connectivity index (χ0) is 15.2. The molecule has 2 N–H and O–H groups in total. The van der Waals surface area contributed by atoms with Crippen molar-refractivity contribution < 1.29 is 14.9 Å². The van der Waals surface area contributed by atoms with E-state index in [0.29, 0.717) is 18.4 Å². The van der Waals surface area contributed by atoms with Crippen LogP contribution in [0.15, 0.2) is 35.9 Å². The second kappa shape index (κ2) is 5.15. The number of para-hydroxylation sites is 1. The molecule has 2 bridgehead atoms. The maximum absolute atomic E-state index is 10.2. The van der Waals surface area contributed by atoms with Gasteiger partial charge in [0.15, 0.2) is 0 Å². The van der Waals surface area contributed by atoms with Crippen LogP contribution in [0.25, 0.3) is 0 Å². The summed E-state index contributed by atoms with van der Waals surface area (Å²) in [6, 6.07) is 7.40. The van der Waals surface area contributed by atoms with Crippen molar-refractivity contribution in [3.63, 3.8) is 0 Å². The van der Waals surface area contributed by atoms with Gasteiger partial charge in [-0.2, -0.15) is 0 Å². The molecule has 0 spiro atoms. The van der Waals surface area contributed by atoms with Crippen molar-refractivity contribution in [3.05, 3.63) is 41.5 Å². The molecule has 114 valence electrons. The number of ether oxygens (including phenoxy) is 1. The highest BCUT2D eigenvalue weighted by Crippen LogP contribution is 2.56. The lowest BCUT2D eigenvalue weighted by Crippen LogP contribution is -2.53. The average Bonchev–Trinajstić information content (AvgIpc) is 2.46. The Balaban J connectivity index is 2.06. The molecule has 3 rings (SSSR count). The van der Waals surface area contributed by atoms with Crippen molar-refractivity contribution in [2.75, 3.05) is 13.2 Å². The van der Waals surface area contributed by atoms with Gasteiger partial charge in [0.1, 0.15) is 5.75 Å². The SMILES string of the molecule is CC1=C[C@@H](C)[C@@]2(CO)CO[C@@H](c3ccccc3O)[C@@H]1[C@@H]2C. The van der Waals surface area contributed by atoms with E-state index >= 15 is 0 Å². The van der Waals surface area contributed by atoms with E-state index in [0.717, 1.165) is 5.56 Å². The molecule has 0 amide bonds. The van der Waals surface area contributed by atoms with Gasteiger partial charge < -0.3 is 14.9 Å². The van der Waals surface area contributed by atoms with Crippen molar-refractivity contribution in [1.29, 1.82) is 0 Å². The third-order valence-electron chi connectivity index (χ3n) is 5.79. The first-order valence-electron chi connectivity index (χ1n) is 7.70. The number of aliphatic hydroxyl groups is 1. The highest BCUT2D eigenvalue weighted by Gasteiger charge is 2.53. The van der Waals surface area contributed by atoms with Crippen LogP contribution >= 0.6 is 0 Å². The number of phenolic OH excluding ortho intramolecular Hbond substituents is 1. The van der Waals surface area contributed by atoms with Gasteiger partial charge in [0.25, 0.3) is 0 Å². The third-order valence-corrected chi connectivity index (χ3v) is 5.79. The van der Waals surface area contributed by atoms with E-state index in [-0.39, 0.29) is 29.8 Å². The van der Waals surface area contributed by atoms with Crippen molar-refractivity contribution >= 4 is 0 Å². The van der Waals surface area contributed by atoms with Gasteiger partial charge in [-0.3, -0.25) is 0 Å². The van der Waals surface area contributed by atoms with Crippen LogP contribution in [-0.2, 0) is 4.74 Å². The van der Waals surface area contributed by atoms with Crippen LogP contribution in [-0.4, -0.2) is 23.4 Å². The van der Waals surface area contributed by atoms with E-state index < -0.39 is 0 Å². The van der Waals surface area contributed by atoms with E-state index in [1.165, 1.54) is 5.57 Å². The normalized spacial score (nSPS) is 39.0. The number of hydrogen-bond acceptors (Lipinski definition) is 3. The van der Waals surface area contributed by atoms with Crippen LogP contribution in [0.5, 0.6) is 5.75 Å².